The molecule has 1 N–H and O–H groups in total. The number of ether oxygens (including phenoxy) is 2. The molecule has 4 nitrogen and oxygen atoms in total. The van der Waals surface area contributed by atoms with E-state index in [0.717, 1.165) is 6.42 Å². The average molecular weight is 214 g/mol. The quantitative estimate of drug-likeness (QED) is 0.655. The van der Waals surface area contributed by atoms with Gasteiger partial charge in [0.25, 0.3) is 0 Å². The van der Waals surface area contributed by atoms with E-state index in [-0.39, 0.29) is 6.29 Å². The van der Waals surface area contributed by atoms with Gasteiger partial charge in [-0.3, -0.25) is 5.32 Å². The van der Waals surface area contributed by atoms with Crippen molar-refractivity contribution in [1.29, 1.82) is 5.26 Å². The van der Waals surface area contributed by atoms with Crippen LogP contribution in [0, 0.1) is 11.3 Å². The highest BCUT2D eigenvalue weighted by molar-refractivity contribution is 5.05. The molecule has 0 rings (SSSR count). The molecule has 0 radical (unpaired) electrons. The summed E-state index contributed by atoms with van der Waals surface area (Å²) in [6, 6.07) is 2.58. The third-order valence-corrected chi connectivity index (χ3v) is 2.52. The second kappa shape index (κ2) is 6.78. The van der Waals surface area contributed by atoms with Crippen LogP contribution in [0.2, 0.25) is 0 Å². The van der Waals surface area contributed by atoms with Crippen molar-refractivity contribution in [2.75, 3.05) is 14.2 Å². The molecular formula is C11H22N2O2. The maximum absolute atomic E-state index is 9.15. The fourth-order valence-corrected chi connectivity index (χ4v) is 1.38. The summed E-state index contributed by atoms with van der Waals surface area (Å²) in [6.45, 7) is 6.01. The van der Waals surface area contributed by atoms with Crippen LogP contribution in [-0.4, -0.2) is 32.1 Å². The van der Waals surface area contributed by atoms with Gasteiger partial charge in [0.15, 0.2) is 6.29 Å². The van der Waals surface area contributed by atoms with E-state index in [0.29, 0.717) is 12.5 Å². The standard InChI is InChI=1S/C11H22N2O2/c1-6-9(2)13-11(3,8-12)7-10(14-4)15-5/h9-10,13H,6-7H2,1-5H3. The molecule has 0 saturated carbocycles. The number of nitriles is 1. The van der Waals surface area contributed by atoms with Crippen LogP contribution >= 0.6 is 0 Å². The van der Waals surface area contributed by atoms with Crippen molar-refractivity contribution >= 4 is 0 Å². The third-order valence-electron chi connectivity index (χ3n) is 2.52. The molecule has 88 valence electrons. The summed E-state index contributed by atoms with van der Waals surface area (Å²) in [4.78, 5) is 0. The summed E-state index contributed by atoms with van der Waals surface area (Å²) >= 11 is 0. The fraction of sp³-hybridized carbons (Fsp3) is 0.909. The van der Waals surface area contributed by atoms with Gasteiger partial charge in [-0.25, -0.2) is 0 Å². The number of hydrogen-bond donors (Lipinski definition) is 1. The van der Waals surface area contributed by atoms with Crippen LogP contribution < -0.4 is 5.32 Å². The van der Waals surface area contributed by atoms with E-state index in [9.17, 15) is 0 Å². The Morgan fingerprint density at radius 1 is 1.40 bits per heavy atom. The Kier molecular flexibility index (Phi) is 6.50. The summed E-state index contributed by atoms with van der Waals surface area (Å²) in [7, 11) is 3.16. The molecule has 4 heteroatoms. The maximum atomic E-state index is 9.15. The van der Waals surface area contributed by atoms with Crippen molar-refractivity contribution in [3.8, 4) is 6.07 Å². The molecule has 2 unspecified atom stereocenters. The van der Waals surface area contributed by atoms with Gasteiger partial charge in [-0.1, -0.05) is 6.92 Å². The molecule has 15 heavy (non-hydrogen) atoms. The minimum Gasteiger partial charge on any atom is -0.356 e. The Labute approximate surface area is 92.6 Å². The normalized spacial score (nSPS) is 17.1. The predicted molar refractivity (Wildman–Crippen MR) is 59.3 cm³/mol. The fourth-order valence-electron chi connectivity index (χ4n) is 1.38. The smallest absolute Gasteiger partial charge is 0.159 e. The van der Waals surface area contributed by atoms with Gasteiger partial charge in [-0.15, -0.1) is 0 Å². The van der Waals surface area contributed by atoms with Gasteiger partial charge in [0, 0.05) is 26.7 Å². The first-order valence-corrected chi connectivity index (χ1v) is 5.25. The minimum absolute atomic E-state index is 0.309. The van der Waals surface area contributed by atoms with Gasteiger partial charge in [-0.05, 0) is 20.3 Å². The zero-order valence-corrected chi connectivity index (χ0v) is 10.3. The molecule has 0 saturated heterocycles. The molecule has 2 atom stereocenters. The monoisotopic (exact) mass is 214 g/mol. The molecule has 0 amide bonds. The van der Waals surface area contributed by atoms with Crippen molar-refractivity contribution in [3.63, 3.8) is 0 Å². The molecule has 0 bridgehead atoms. The first kappa shape index (κ1) is 14.4. The summed E-state index contributed by atoms with van der Waals surface area (Å²) in [6.07, 6.45) is 1.16. The lowest BCUT2D eigenvalue weighted by molar-refractivity contribution is -0.114. The van der Waals surface area contributed by atoms with Gasteiger partial charge in [0.05, 0.1) is 6.07 Å². The molecule has 0 aliphatic rings. The van der Waals surface area contributed by atoms with Crippen LogP contribution in [0.4, 0.5) is 0 Å². The Hall–Kier alpha value is -0.630. The van der Waals surface area contributed by atoms with Crippen LogP contribution in [0.3, 0.4) is 0 Å². The summed E-state index contributed by atoms with van der Waals surface area (Å²) < 4.78 is 10.2. The van der Waals surface area contributed by atoms with Crippen LogP contribution in [0.5, 0.6) is 0 Å². The zero-order valence-electron chi connectivity index (χ0n) is 10.3. The Bertz CT molecular complexity index is 211. The molecule has 0 aliphatic carbocycles. The number of rotatable bonds is 7. The molecule has 0 heterocycles. The Balaban J connectivity index is 4.37. The van der Waals surface area contributed by atoms with E-state index in [1.54, 1.807) is 14.2 Å². The van der Waals surface area contributed by atoms with Gasteiger partial charge < -0.3 is 9.47 Å². The zero-order chi connectivity index (χ0) is 11.9. The molecule has 0 aromatic heterocycles. The van der Waals surface area contributed by atoms with E-state index < -0.39 is 5.54 Å². The summed E-state index contributed by atoms with van der Waals surface area (Å²) in [5, 5.41) is 12.4. The molecule has 0 spiro atoms. The molecular weight excluding hydrogens is 192 g/mol. The van der Waals surface area contributed by atoms with Gasteiger partial charge >= 0.3 is 0 Å². The molecule has 0 aromatic rings. The number of hydrogen-bond acceptors (Lipinski definition) is 4. The van der Waals surface area contributed by atoms with Crippen molar-refractivity contribution in [2.24, 2.45) is 0 Å². The Morgan fingerprint density at radius 2 is 1.93 bits per heavy atom. The molecule has 0 aromatic carbocycles. The average Bonchev–Trinajstić information content (AvgIpc) is 2.25. The molecule has 0 fully saturated rings. The van der Waals surface area contributed by atoms with Crippen LogP contribution in [0.1, 0.15) is 33.6 Å². The summed E-state index contributed by atoms with van der Waals surface area (Å²) in [5.74, 6) is 0. The maximum Gasteiger partial charge on any atom is 0.159 e. The molecule has 0 aliphatic heterocycles. The third kappa shape index (κ3) is 5.12. The largest absolute Gasteiger partial charge is 0.356 e. The van der Waals surface area contributed by atoms with Gasteiger partial charge in [-0.2, -0.15) is 5.26 Å². The lowest BCUT2D eigenvalue weighted by Crippen LogP contribution is -2.48. The van der Waals surface area contributed by atoms with E-state index in [1.165, 1.54) is 0 Å². The van der Waals surface area contributed by atoms with Crippen LogP contribution in [-0.2, 0) is 9.47 Å². The first-order chi connectivity index (χ1) is 7.01. The summed E-state index contributed by atoms with van der Waals surface area (Å²) in [5.41, 5.74) is -0.605. The SMILES string of the molecule is CCC(C)NC(C)(C#N)CC(OC)OC. The van der Waals surface area contributed by atoms with E-state index in [2.05, 4.69) is 25.2 Å². The van der Waals surface area contributed by atoms with E-state index in [4.69, 9.17) is 14.7 Å². The van der Waals surface area contributed by atoms with Gasteiger partial charge in [0.2, 0.25) is 0 Å². The van der Waals surface area contributed by atoms with Gasteiger partial charge in [0.1, 0.15) is 5.54 Å². The van der Waals surface area contributed by atoms with E-state index >= 15 is 0 Å². The number of methoxy groups -OCH3 is 2. The van der Waals surface area contributed by atoms with Crippen molar-refractivity contribution in [2.45, 2.75) is 51.5 Å². The number of nitrogens with zero attached hydrogens (tertiary/aromatic N) is 1. The Morgan fingerprint density at radius 3 is 2.27 bits per heavy atom. The lowest BCUT2D eigenvalue weighted by Gasteiger charge is -2.29. The highest BCUT2D eigenvalue weighted by atomic mass is 16.7. The van der Waals surface area contributed by atoms with E-state index in [1.807, 2.05) is 6.92 Å². The van der Waals surface area contributed by atoms with Crippen molar-refractivity contribution < 1.29 is 9.47 Å². The minimum atomic E-state index is -0.605. The highest BCUT2D eigenvalue weighted by Gasteiger charge is 2.29. The topological polar surface area (TPSA) is 54.3 Å². The second-order valence-corrected chi connectivity index (χ2v) is 4.00. The van der Waals surface area contributed by atoms with Crippen molar-refractivity contribution in [3.05, 3.63) is 0 Å². The van der Waals surface area contributed by atoms with Crippen LogP contribution in [0.15, 0.2) is 0 Å². The second-order valence-electron chi connectivity index (χ2n) is 4.00. The predicted octanol–water partition coefficient (Wildman–Crippen LogP) is 1.67. The first-order valence-electron chi connectivity index (χ1n) is 5.25. The highest BCUT2D eigenvalue weighted by Crippen LogP contribution is 2.15. The lowest BCUT2D eigenvalue weighted by atomic mass is 9.97. The van der Waals surface area contributed by atoms with Crippen LogP contribution in [0.25, 0.3) is 0 Å². The number of nitrogens with one attached hydrogen (secondary N) is 1. The van der Waals surface area contributed by atoms with Crippen molar-refractivity contribution in [1.82, 2.24) is 5.32 Å².